The van der Waals surface area contributed by atoms with Gasteiger partial charge in [-0.25, -0.2) is 0 Å². The molecule has 0 spiro atoms. The molecule has 0 aliphatic carbocycles. The number of amides is 3. The molecule has 3 aromatic rings. The van der Waals surface area contributed by atoms with E-state index in [1.54, 1.807) is 54.6 Å². The molecule has 0 fully saturated rings. The minimum Gasteiger partial charge on any atom is -0.493 e. The zero-order chi connectivity index (χ0) is 27.0. The van der Waals surface area contributed by atoms with Crippen LogP contribution in [0.2, 0.25) is 0 Å². The van der Waals surface area contributed by atoms with Crippen molar-refractivity contribution in [3.63, 3.8) is 0 Å². The Kier molecular flexibility index (Phi) is 9.47. The van der Waals surface area contributed by atoms with Crippen molar-refractivity contribution >= 4 is 39.3 Å². The lowest BCUT2D eigenvalue weighted by Crippen LogP contribution is -2.41. The van der Waals surface area contributed by atoms with Gasteiger partial charge in [-0.05, 0) is 72.0 Å². The van der Waals surface area contributed by atoms with E-state index in [0.717, 1.165) is 22.9 Å². The quantitative estimate of drug-likeness (QED) is 0.222. The molecule has 3 N–H and O–H groups in total. The number of benzene rings is 3. The number of rotatable bonds is 8. The summed E-state index contributed by atoms with van der Waals surface area (Å²) in [5.41, 5.74) is 7.72. The molecule has 3 rings (SSSR count). The molecule has 0 atom stereocenters. The summed E-state index contributed by atoms with van der Waals surface area (Å²) in [7, 11) is 0. The van der Waals surface area contributed by atoms with Gasteiger partial charge in [0.1, 0.15) is 5.75 Å². The summed E-state index contributed by atoms with van der Waals surface area (Å²) >= 11 is 3.36. The lowest BCUT2D eigenvalue weighted by Gasteiger charge is -2.19. The topological polar surface area (TPSA) is 96.5 Å². The van der Waals surface area contributed by atoms with Gasteiger partial charge in [-0.15, -0.1) is 0 Å². The van der Waals surface area contributed by atoms with Crippen molar-refractivity contribution in [3.8, 4) is 5.75 Å². The second-order valence-corrected chi connectivity index (χ2v) is 10.5. The zero-order valence-electron chi connectivity index (χ0n) is 21.5. The van der Waals surface area contributed by atoms with Gasteiger partial charge in [0.15, 0.2) is 0 Å². The summed E-state index contributed by atoms with van der Waals surface area (Å²) in [4.78, 5) is 37.8. The van der Waals surface area contributed by atoms with E-state index in [-0.39, 0.29) is 11.3 Å². The standard InChI is InChI=1S/C29H32BrN3O4/c1-5-6-17-37-25-16-13-22(30)18-24(25)28(36)33-32-27(35)20-9-14-23(15-10-20)31-26(34)19-7-11-21(12-8-19)29(2,3)4/h7-16,18H,5-6,17H2,1-4H3,(H,31,34)(H,32,35)(H,33,36). The summed E-state index contributed by atoms with van der Waals surface area (Å²) in [6.45, 7) is 8.90. The number of nitrogens with one attached hydrogen (secondary N) is 3. The number of hydrazine groups is 1. The lowest BCUT2D eigenvalue weighted by molar-refractivity contribution is 0.0844. The van der Waals surface area contributed by atoms with E-state index in [1.807, 2.05) is 12.1 Å². The van der Waals surface area contributed by atoms with E-state index in [2.05, 4.69) is 59.8 Å². The Labute approximate surface area is 226 Å². The summed E-state index contributed by atoms with van der Waals surface area (Å²) in [5.74, 6) is -0.789. The van der Waals surface area contributed by atoms with Crippen LogP contribution in [0, 0.1) is 0 Å². The van der Waals surface area contributed by atoms with E-state index in [1.165, 1.54) is 0 Å². The maximum atomic E-state index is 12.7. The van der Waals surface area contributed by atoms with Gasteiger partial charge < -0.3 is 10.1 Å². The molecular formula is C29H32BrN3O4. The van der Waals surface area contributed by atoms with Crippen LogP contribution in [0.15, 0.2) is 71.2 Å². The molecule has 0 bridgehead atoms. The van der Waals surface area contributed by atoms with Crippen LogP contribution in [-0.2, 0) is 5.41 Å². The van der Waals surface area contributed by atoms with Crippen LogP contribution in [0.4, 0.5) is 5.69 Å². The van der Waals surface area contributed by atoms with Crippen molar-refractivity contribution in [2.24, 2.45) is 0 Å². The number of halogens is 1. The normalized spacial score (nSPS) is 10.9. The SMILES string of the molecule is CCCCOc1ccc(Br)cc1C(=O)NNC(=O)c1ccc(NC(=O)c2ccc(C(C)(C)C)cc2)cc1. The monoisotopic (exact) mass is 565 g/mol. The van der Waals surface area contributed by atoms with Gasteiger partial charge in [0.2, 0.25) is 0 Å². The van der Waals surface area contributed by atoms with Crippen molar-refractivity contribution < 1.29 is 19.1 Å². The molecule has 0 aromatic heterocycles. The minimum absolute atomic E-state index is 0.00747. The van der Waals surface area contributed by atoms with Gasteiger partial charge in [-0.3, -0.25) is 25.2 Å². The van der Waals surface area contributed by atoms with Crippen LogP contribution in [0.3, 0.4) is 0 Å². The molecule has 7 nitrogen and oxygen atoms in total. The Morgan fingerprint density at radius 3 is 2.03 bits per heavy atom. The van der Waals surface area contributed by atoms with Crippen LogP contribution in [0.5, 0.6) is 5.75 Å². The minimum atomic E-state index is -0.498. The van der Waals surface area contributed by atoms with Crippen LogP contribution in [0.25, 0.3) is 0 Å². The second-order valence-electron chi connectivity index (χ2n) is 9.61. The van der Waals surface area contributed by atoms with Gasteiger partial charge in [-0.1, -0.05) is 62.2 Å². The van der Waals surface area contributed by atoms with Crippen molar-refractivity contribution in [1.29, 1.82) is 0 Å². The third-order valence-corrected chi connectivity index (χ3v) is 6.14. The molecule has 3 aromatic carbocycles. The van der Waals surface area contributed by atoms with Gasteiger partial charge in [0, 0.05) is 21.3 Å². The van der Waals surface area contributed by atoms with Crippen LogP contribution < -0.4 is 20.9 Å². The van der Waals surface area contributed by atoms with Gasteiger partial charge in [0.25, 0.3) is 17.7 Å². The highest BCUT2D eigenvalue weighted by atomic mass is 79.9. The molecule has 3 amide bonds. The van der Waals surface area contributed by atoms with E-state index in [0.29, 0.717) is 34.7 Å². The maximum absolute atomic E-state index is 12.7. The smallest absolute Gasteiger partial charge is 0.273 e. The number of unbranched alkanes of at least 4 members (excludes halogenated alkanes) is 1. The molecule has 0 aliphatic rings. The Bertz CT molecular complexity index is 1250. The maximum Gasteiger partial charge on any atom is 0.273 e. The Balaban J connectivity index is 1.57. The Morgan fingerprint density at radius 1 is 0.811 bits per heavy atom. The number of ether oxygens (including phenoxy) is 1. The third-order valence-electron chi connectivity index (χ3n) is 5.65. The lowest BCUT2D eigenvalue weighted by atomic mass is 9.87. The molecule has 0 saturated carbocycles. The van der Waals surface area contributed by atoms with E-state index in [9.17, 15) is 14.4 Å². The molecular weight excluding hydrogens is 534 g/mol. The number of carbonyl (C=O) groups excluding carboxylic acids is 3. The fraction of sp³-hybridized carbons (Fsp3) is 0.276. The van der Waals surface area contributed by atoms with E-state index in [4.69, 9.17) is 4.74 Å². The molecule has 0 saturated heterocycles. The van der Waals surface area contributed by atoms with Crippen LogP contribution >= 0.6 is 15.9 Å². The van der Waals surface area contributed by atoms with Crippen LogP contribution in [-0.4, -0.2) is 24.3 Å². The van der Waals surface area contributed by atoms with Crippen molar-refractivity contribution in [1.82, 2.24) is 10.9 Å². The molecule has 0 unspecified atom stereocenters. The molecule has 0 radical (unpaired) electrons. The first-order chi connectivity index (χ1) is 17.6. The molecule has 0 heterocycles. The Hall–Kier alpha value is -3.65. The highest BCUT2D eigenvalue weighted by molar-refractivity contribution is 9.10. The third kappa shape index (κ3) is 7.92. The van der Waals surface area contributed by atoms with Gasteiger partial charge in [-0.2, -0.15) is 0 Å². The fourth-order valence-corrected chi connectivity index (χ4v) is 3.78. The van der Waals surface area contributed by atoms with E-state index < -0.39 is 11.8 Å². The first-order valence-corrected chi connectivity index (χ1v) is 12.9. The predicted molar refractivity (Wildman–Crippen MR) is 149 cm³/mol. The molecule has 37 heavy (non-hydrogen) atoms. The summed E-state index contributed by atoms with van der Waals surface area (Å²) in [5, 5.41) is 2.83. The average molecular weight is 566 g/mol. The second kappa shape index (κ2) is 12.5. The number of hydrogen-bond donors (Lipinski definition) is 3. The average Bonchev–Trinajstić information content (AvgIpc) is 2.88. The fourth-order valence-electron chi connectivity index (χ4n) is 3.41. The number of anilines is 1. The summed E-state index contributed by atoms with van der Waals surface area (Å²) < 4.78 is 6.43. The van der Waals surface area contributed by atoms with Crippen molar-refractivity contribution in [2.45, 2.75) is 46.0 Å². The van der Waals surface area contributed by atoms with Crippen LogP contribution in [0.1, 0.15) is 77.2 Å². The van der Waals surface area contributed by atoms with Gasteiger partial charge >= 0.3 is 0 Å². The molecule has 194 valence electrons. The number of hydrogen-bond acceptors (Lipinski definition) is 4. The highest BCUT2D eigenvalue weighted by Crippen LogP contribution is 2.24. The van der Waals surface area contributed by atoms with Crippen molar-refractivity contribution in [2.75, 3.05) is 11.9 Å². The Morgan fingerprint density at radius 2 is 1.41 bits per heavy atom. The van der Waals surface area contributed by atoms with E-state index >= 15 is 0 Å². The first kappa shape index (κ1) is 27.9. The number of carbonyl (C=O) groups is 3. The summed E-state index contributed by atoms with van der Waals surface area (Å²) in [6.07, 6.45) is 1.84. The summed E-state index contributed by atoms with van der Waals surface area (Å²) in [6, 6.07) is 19.0. The highest BCUT2D eigenvalue weighted by Gasteiger charge is 2.16. The predicted octanol–water partition coefficient (Wildman–Crippen LogP) is 6.25. The van der Waals surface area contributed by atoms with Crippen molar-refractivity contribution in [3.05, 3.63) is 93.5 Å². The molecule has 0 aliphatic heterocycles. The largest absolute Gasteiger partial charge is 0.493 e. The molecule has 8 heteroatoms. The zero-order valence-corrected chi connectivity index (χ0v) is 23.1. The van der Waals surface area contributed by atoms with Gasteiger partial charge in [0.05, 0.1) is 12.2 Å². The first-order valence-electron chi connectivity index (χ1n) is 12.1.